The summed E-state index contributed by atoms with van der Waals surface area (Å²) in [6.45, 7) is -0.0167. The predicted octanol–water partition coefficient (Wildman–Crippen LogP) is 2.66. The largest absolute Gasteiger partial charge is 0.462 e. The van der Waals surface area contributed by atoms with Gasteiger partial charge in [0, 0.05) is 35.8 Å². The van der Waals surface area contributed by atoms with Crippen LogP contribution in [0.1, 0.15) is 37.5 Å². The number of fused-ring (bicyclic) bond motifs is 1. The van der Waals surface area contributed by atoms with Gasteiger partial charge in [-0.1, -0.05) is 24.3 Å². The van der Waals surface area contributed by atoms with Crippen molar-refractivity contribution in [2.45, 2.75) is 12.0 Å². The molecule has 8 nitrogen and oxygen atoms in total. The number of benzene rings is 2. The van der Waals surface area contributed by atoms with Crippen LogP contribution in [0.4, 0.5) is 5.69 Å². The molecule has 29 heavy (non-hydrogen) atoms. The maximum atomic E-state index is 12.3. The van der Waals surface area contributed by atoms with E-state index in [-0.39, 0.29) is 35.4 Å². The van der Waals surface area contributed by atoms with Gasteiger partial charge in [0.25, 0.3) is 5.69 Å². The number of Topliss-reactive ketones (excluding diaryl/α,β-unsaturated/α-hetero) is 2. The molecule has 146 valence electrons. The van der Waals surface area contributed by atoms with E-state index in [1.165, 1.54) is 42.5 Å². The first kappa shape index (κ1) is 19.9. The third-order valence-corrected chi connectivity index (χ3v) is 4.33. The van der Waals surface area contributed by atoms with Crippen molar-refractivity contribution < 1.29 is 29.2 Å². The maximum Gasteiger partial charge on any atom is 0.338 e. The summed E-state index contributed by atoms with van der Waals surface area (Å²) in [5.74, 6) is -2.06. The molecule has 0 heterocycles. The number of nitro benzene ring substituents is 1. The van der Waals surface area contributed by atoms with Crippen molar-refractivity contribution in [1.82, 2.24) is 0 Å². The summed E-state index contributed by atoms with van der Waals surface area (Å²) < 4.78 is 5.03. The van der Waals surface area contributed by atoms with Crippen LogP contribution in [0.2, 0.25) is 0 Å². The standard InChI is InChI=1S/C21H15NO7/c23-18-16-6-2-3-7-17(16)19(24)21(18,26)12-4-1-5-13-29-20(25)14-8-10-15(11-9-14)22(27)28/h1-3,6-12,26H,5,13H2. The number of hydrogen-bond donors (Lipinski definition) is 1. The van der Waals surface area contributed by atoms with Gasteiger partial charge in [0.15, 0.2) is 0 Å². The molecule has 0 fully saturated rings. The second kappa shape index (κ2) is 8.02. The van der Waals surface area contributed by atoms with Gasteiger partial charge in [-0.25, -0.2) is 4.79 Å². The monoisotopic (exact) mass is 393 g/mol. The molecule has 8 heteroatoms. The van der Waals surface area contributed by atoms with E-state index in [1.54, 1.807) is 12.1 Å². The van der Waals surface area contributed by atoms with E-state index < -0.39 is 28.1 Å². The number of aliphatic hydroxyl groups is 1. The van der Waals surface area contributed by atoms with Gasteiger partial charge < -0.3 is 9.84 Å². The molecule has 1 N–H and O–H groups in total. The molecule has 2 aromatic rings. The van der Waals surface area contributed by atoms with Crippen LogP contribution in [-0.2, 0) is 4.74 Å². The van der Waals surface area contributed by atoms with Crippen molar-refractivity contribution in [1.29, 1.82) is 0 Å². The Balaban J connectivity index is 1.56. The van der Waals surface area contributed by atoms with Gasteiger partial charge >= 0.3 is 5.97 Å². The van der Waals surface area contributed by atoms with Gasteiger partial charge in [0.05, 0.1) is 17.1 Å². The minimum Gasteiger partial charge on any atom is -0.462 e. The van der Waals surface area contributed by atoms with Gasteiger partial charge in [-0.15, -0.1) is 5.73 Å². The highest BCUT2D eigenvalue weighted by Crippen LogP contribution is 2.30. The number of rotatable bonds is 6. The van der Waals surface area contributed by atoms with Crippen molar-refractivity contribution in [3.8, 4) is 0 Å². The quantitative estimate of drug-likeness (QED) is 0.200. The summed E-state index contributed by atoms with van der Waals surface area (Å²) in [6, 6.07) is 11.2. The molecule has 0 atom stereocenters. The Labute approximate surface area is 164 Å². The Morgan fingerprint density at radius 2 is 1.69 bits per heavy atom. The topological polar surface area (TPSA) is 124 Å². The second-order valence-corrected chi connectivity index (χ2v) is 6.21. The van der Waals surface area contributed by atoms with Crippen molar-refractivity contribution in [3.63, 3.8) is 0 Å². The molecule has 0 radical (unpaired) electrons. The molecule has 0 saturated heterocycles. The average molecular weight is 393 g/mol. The SMILES string of the molecule is O=C(OCCC=C=CC1(O)C(=O)c2ccccc2C1=O)c1ccc([N+](=O)[O-])cc1. The molecular formula is C21H15NO7. The molecule has 0 bridgehead atoms. The average Bonchev–Trinajstić information content (AvgIpc) is 2.92. The maximum absolute atomic E-state index is 12.3. The number of hydrogen-bond acceptors (Lipinski definition) is 7. The first-order valence-corrected chi connectivity index (χ1v) is 8.59. The van der Waals surface area contributed by atoms with Gasteiger partial charge in [-0.2, -0.15) is 0 Å². The van der Waals surface area contributed by atoms with Crippen molar-refractivity contribution in [2.24, 2.45) is 0 Å². The molecule has 2 aromatic carbocycles. The molecule has 0 saturated carbocycles. The highest BCUT2D eigenvalue weighted by Gasteiger charge is 2.50. The lowest BCUT2D eigenvalue weighted by atomic mass is 9.98. The molecule has 0 aliphatic heterocycles. The van der Waals surface area contributed by atoms with E-state index in [2.05, 4.69) is 5.73 Å². The Kier molecular flexibility index (Phi) is 5.50. The number of ketones is 2. The van der Waals surface area contributed by atoms with Crippen LogP contribution in [-0.4, -0.2) is 39.8 Å². The van der Waals surface area contributed by atoms with Gasteiger partial charge in [-0.3, -0.25) is 19.7 Å². The van der Waals surface area contributed by atoms with Crippen LogP contribution in [0.25, 0.3) is 0 Å². The van der Waals surface area contributed by atoms with Crippen molar-refractivity contribution in [3.05, 3.63) is 93.2 Å². The minimum absolute atomic E-state index is 0.0167. The molecular weight excluding hydrogens is 378 g/mol. The number of carbonyl (C=O) groups is 3. The fourth-order valence-corrected chi connectivity index (χ4v) is 2.80. The number of esters is 1. The molecule has 1 aliphatic rings. The molecule has 3 rings (SSSR count). The smallest absolute Gasteiger partial charge is 0.338 e. The highest BCUT2D eigenvalue weighted by molar-refractivity contribution is 6.33. The van der Waals surface area contributed by atoms with Crippen LogP contribution < -0.4 is 0 Å². The number of nitrogens with zero attached hydrogens (tertiary/aromatic N) is 1. The Morgan fingerprint density at radius 1 is 1.10 bits per heavy atom. The zero-order chi connectivity index (χ0) is 21.0. The lowest BCUT2D eigenvalue weighted by Crippen LogP contribution is -2.38. The van der Waals surface area contributed by atoms with E-state index in [0.29, 0.717) is 0 Å². The zero-order valence-corrected chi connectivity index (χ0v) is 15.0. The lowest BCUT2D eigenvalue weighted by Gasteiger charge is -2.11. The second-order valence-electron chi connectivity index (χ2n) is 6.21. The van der Waals surface area contributed by atoms with E-state index in [9.17, 15) is 29.6 Å². The summed E-state index contributed by atoms with van der Waals surface area (Å²) in [6.07, 6.45) is 2.64. The van der Waals surface area contributed by atoms with Crippen LogP contribution in [0, 0.1) is 10.1 Å². The van der Waals surface area contributed by atoms with Gasteiger partial charge in [0.1, 0.15) is 0 Å². The third kappa shape index (κ3) is 3.89. The van der Waals surface area contributed by atoms with Crippen LogP contribution in [0.15, 0.2) is 66.4 Å². The summed E-state index contributed by atoms with van der Waals surface area (Å²) >= 11 is 0. The number of ether oxygens (including phenoxy) is 1. The number of nitro groups is 1. The van der Waals surface area contributed by atoms with Crippen LogP contribution in [0.5, 0.6) is 0 Å². The van der Waals surface area contributed by atoms with Crippen molar-refractivity contribution in [2.75, 3.05) is 6.61 Å². The third-order valence-electron chi connectivity index (χ3n) is 4.33. The Morgan fingerprint density at radius 3 is 2.24 bits per heavy atom. The normalized spacial score (nSPS) is 14.0. The summed E-state index contributed by atoms with van der Waals surface area (Å²) in [5.41, 5.74) is 0.668. The number of non-ortho nitro benzene ring substituents is 1. The lowest BCUT2D eigenvalue weighted by molar-refractivity contribution is -0.384. The first-order valence-electron chi connectivity index (χ1n) is 8.59. The Bertz CT molecular complexity index is 1030. The zero-order valence-electron chi connectivity index (χ0n) is 15.0. The van der Waals surface area contributed by atoms with Crippen LogP contribution >= 0.6 is 0 Å². The minimum atomic E-state index is -2.28. The fourth-order valence-electron chi connectivity index (χ4n) is 2.80. The molecule has 0 spiro atoms. The van der Waals surface area contributed by atoms with E-state index >= 15 is 0 Å². The van der Waals surface area contributed by atoms with Crippen molar-refractivity contribution >= 4 is 23.2 Å². The summed E-state index contributed by atoms with van der Waals surface area (Å²) in [5, 5.41) is 21.0. The predicted molar refractivity (Wildman–Crippen MR) is 101 cm³/mol. The molecule has 0 unspecified atom stereocenters. The number of carbonyl (C=O) groups excluding carboxylic acids is 3. The fraction of sp³-hybridized carbons (Fsp3) is 0.143. The molecule has 0 aromatic heterocycles. The molecule has 0 amide bonds. The van der Waals surface area contributed by atoms with Crippen LogP contribution in [0.3, 0.4) is 0 Å². The Hall–Kier alpha value is -3.87. The highest BCUT2D eigenvalue weighted by atomic mass is 16.6. The summed E-state index contributed by atoms with van der Waals surface area (Å²) in [4.78, 5) is 46.5. The summed E-state index contributed by atoms with van der Waals surface area (Å²) in [7, 11) is 0. The first-order chi connectivity index (χ1) is 13.8. The van der Waals surface area contributed by atoms with E-state index in [4.69, 9.17) is 4.74 Å². The molecule has 1 aliphatic carbocycles. The van der Waals surface area contributed by atoms with Gasteiger partial charge in [-0.05, 0) is 18.2 Å². The van der Waals surface area contributed by atoms with Gasteiger partial charge in [0.2, 0.25) is 17.2 Å². The van der Waals surface area contributed by atoms with E-state index in [1.807, 2.05) is 0 Å². The van der Waals surface area contributed by atoms with E-state index in [0.717, 1.165) is 6.08 Å².